The summed E-state index contributed by atoms with van der Waals surface area (Å²) in [4.78, 5) is 10.5. The summed E-state index contributed by atoms with van der Waals surface area (Å²) in [6, 6.07) is 10.4. The highest BCUT2D eigenvalue weighted by Gasteiger charge is 2.39. The van der Waals surface area contributed by atoms with Gasteiger partial charge in [0, 0.05) is 6.42 Å². The minimum absolute atomic E-state index is 0.351. The molecule has 0 saturated heterocycles. The van der Waals surface area contributed by atoms with E-state index in [1.165, 1.54) is 0 Å². The molecule has 1 N–H and O–H groups in total. The van der Waals surface area contributed by atoms with E-state index in [0.717, 1.165) is 10.9 Å². The fourth-order valence-electron chi connectivity index (χ4n) is 1.98. The van der Waals surface area contributed by atoms with Gasteiger partial charge in [0.25, 0.3) is 0 Å². The molecule has 0 amide bonds. The van der Waals surface area contributed by atoms with Crippen LogP contribution in [0.5, 0.6) is 0 Å². The van der Waals surface area contributed by atoms with Gasteiger partial charge in [0.2, 0.25) is 0 Å². The molecule has 0 aliphatic rings. The minimum Gasteiger partial charge on any atom is -0.477 e. The molecule has 2 nitrogen and oxygen atoms in total. The molecule has 0 unspecified atom stereocenters. The Kier molecular flexibility index (Phi) is 3.03. The van der Waals surface area contributed by atoms with E-state index in [0.29, 0.717) is 10.9 Å². The molecule has 94 valence electrons. The highest BCUT2D eigenvalue weighted by molar-refractivity contribution is 5.89. The molecule has 0 aliphatic heterocycles. The number of aryl methyl sites for hydroxylation is 1. The van der Waals surface area contributed by atoms with Crippen molar-refractivity contribution in [2.45, 2.75) is 19.3 Å². The first kappa shape index (κ1) is 12.5. The fraction of sp³-hybridized carbons (Fsp3) is 0.214. The quantitative estimate of drug-likeness (QED) is 0.906. The lowest BCUT2D eigenvalue weighted by Gasteiger charge is -2.14. The molecule has 0 fully saturated rings. The SMILES string of the molecule is Cc1ccc(CC(F)(F)C(=O)O)c2ccccc12. The van der Waals surface area contributed by atoms with Crippen LogP contribution in [-0.2, 0) is 11.2 Å². The molecule has 2 aromatic rings. The van der Waals surface area contributed by atoms with Crippen LogP contribution in [0.25, 0.3) is 10.8 Å². The Hall–Kier alpha value is -1.97. The van der Waals surface area contributed by atoms with E-state index in [9.17, 15) is 13.6 Å². The van der Waals surface area contributed by atoms with Gasteiger partial charge in [-0.05, 0) is 28.8 Å². The molecule has 0 atom stereocenters. The van der Waals surface area contributed by atoms with E-state index in [-0.39, 0.29) is 0 Å². The molecule has 0 spiro atoms. The lowest BCUT2D eigenvalue weighted by molar-refractivity contribution is -0.164. The Bertz CT molecular complexity index is 606. The maximum Gasteiger partial charge on any atom is 0.374 e. The van der Waals surface area contributed by atoms with E-state index in [1.807, 2.05) is 19.1 Å². The highest BCUT2D eigenvalue weighted by atomic mass is 19.3. The molecule has 2 rings (SSSR count). The number of benzene rings is 2. The summed E-state index contributed by atoms with van der Waals surface area (Å²) in [5.74, 6) is -5.83. The first-order chi connectivity index (χ1) is 8.42. The van der Waals surface area contributed by atoms with E-state index in [1.54, 1.807) is 24.3 Å². The van der Waals surface area contributed by atoms with Crippen molar-refractivity contribution >= 4 is 16.7 Å². The number of carboxylic acid groups (broad SMARTS) is 1. The Morgan fingerprint density at radius 3 is 2.39 bits per heavy atom. The molecule has 0 aliphatic carbocycles. The Labute approximate surface area is 103 Å². The molecule has 0 aromatic heterocycles. The van der Waals surface area contributed by atoms with Gasteiger partial charge in [0.1, 0.15) is 0 Å². The van der Waals surface area contributed by atoms with Crippen LogP contribution < -0.4 is 0 Å². The lowest BCUT2D eigenvalue weighted by atomic mass is 9.96. The number of hydrogen-bond acceptors (Lipinski definition) is 1. The van der Waals surface area contributed by atoms with Gasteiger partial charge >= 0.3 is 11.9 Å². The van der Waals surface area contributed by atoms with Gasteiger partial charge in [-0.2, -0.15) is 8.78 Å². The topological polar surface area (TPSA) is 37.3 Å². The molecule has 2 aromatic carbocycles. The van der Waals surface area contributed by atoms with Gasteiger partial charge in [-0.25, -0.2) is 4.79 Å². The van der Waals surface area contributed by atoms with E-state index in [2.05, 4.69) is 0 Å². The number of aliphatic carboxylic acids is 1. The molecular weight excluding hydrogens is 238 g/mol. The van der Waals surface area contributed by atoms with Crippen molar-refractivity contribution in [3.05, 3.63) is 47.5 Å². The van der Waals surface area contributed by atoms with Crippen LogP contribution in [0.4, 0.5) is 8.78 Å². The summed E-state index contributed by atoms with van der Waals surface area (Å²) < 4.78 is 26.5. The summed E-state index contributed by atoms with van der Waals surface area (Å²) >= 11 is 0. The third kappa shape index (κ3) is 2.18. The van der Waals surface area contributed by atoms with Gasteiger partial charge in [-0.1, -0.05) is 36.4 Å². The zero-order valence-corrected chi connectivity index (χ0v) is 9.78. The monoisotopic (exact) mass is 250 g/mol. The van der Waals surface area contributed by atoms with Crippen LogP contribution in [-0.4, -0.2) is 17.0 Å². The fourth-order valence-corrected chi connectivity index (χ4v) is 1.98. The van der Waals surface area contributed by atoms with Gasteiger partial charge in [-0.15, -0.1) is 0 Å². The van der Waals surface area contributed by atoms with Crippen LogP contribution in [0.3, 0.4) is 0 Å². The highest BCUT2D eigenvalue weighted by Crippen LogP contribution is 2.28. The summed E-state index contributed by atoms with van der Waals surface area (Å²) in [7, 11) is 0. The van der Waals surface area contributed by atoms with Crippen LogP contribution in [0.1, 0.15) is 11.1 Å². The van der Waals surface area contributed by atoms with Gasteiger partial charge < -0.3 is 5.11 Å². The summed E-state index contributed by atoms with van der Waals surface area (Å²) in [5.41, 5.74) is 1.33. The molecule has 0 bridgehead atoms. The Balaban J connectivity index is 2.53. The summed E-state index contributed by atoms with van der Waals surface area (Å²) in [6.07, 6.45) is -0.789. The van der Waals surface area contributed by atoms with Crippen LogP contribution in [0, 0.1) is 6.92 Å². The zero-order valence-electron chi connectivity index (χ0n) is 9.78. The first-order valence-electron chi connectivity index (χ1n) is 5.50. The maximum atomic E-state index is 13.3. The van der Waals surface area contributed by atoms with Gasteiger partial charge in [-0.3, -0.25) is 0 Å². The first-order valence-corrected chi connectivity index (χ1v) is 5.50. The lowest BCUT2D eigenvalue weighted by Crippen LogP contribution is -2.30. The second-order valence-corrected chi connectivity index (χ2v) is 4.27. The molecular formula is C14H12F2O2. The van der Waals surface area contributed by atoms with Crippen molar-refractivity contribution in [3.8, 4) is 0 Å². The second kappa shape index (κ2) is 4.37. The largest absolute Gasteiger partial charge is 0.477 e. The summed E-state index contributed by atoms with van der Waals surface area (Å²) in [6.45, 7) is 1.89. The number of rotatable bonds is 3. The third-order valence-corrected chi connectivity index (χ3v) is 2.96. The van der Waals surface area contributed by atoms with E-state index >= 15 is 0 Å². The van der Waals surface area contributed by atoms with Crippen molar-refractivity contribution in [2.24, 2.45) is 0 Å². The molecule has 0 saturated carbocycles. The number of fused-ring (bicyclic) bond motifs is 1. The number of carboxylic acids is 1. The summed E-state index contributed by atoms with van der Waals surface area (Å²) in [5, 5.41) is 10.0. The number of alkyl halides is 2. The van der Waals surface area contributed by atoms with Crippen molar-refractivity contribution < 1.29 is 18.7 Å². The van der Waals surface area contributed by atoms with Crippen molar-refractivity contribution in [3.63, 3.8) is 0 Å². The van der Waals surface area contributed by atoms with Crippen LogP contribution >= 0.6 is 0 Å². The molecule has 4 heteroatoms. The molecule has 0 radical (unpaired) electrons. The number of halogens is 2. The third-order valence-electron chi connectivity index (χ3n) is 2.96. The predicted octanol–water partition coefficient (Wildman–Crippen LogP) is 3.41. The Morgan fingerprint density at radius 2 is 1.78 bits per heavy atom. The normalized spacial score (nSPS) is 11.7. The maximum absolute atomic E-state index is 13.3. The average Bonchev–Trinajstić information content (AvgIpc) is 2.33. The predicted molar refractivity (Wildman–Crippen MR) is 65.0 cm³/mol. The van der Waals surface area contributed by atoms with Crippen molar-refractivity contribution in [1.29, 1.82) is 0 Å². The average molecular weight is 250 g/mol. The van der Waals surface area contributed by atoms with E-state index < -0.39 is 18.3 Å². The smallest absolute Gasteiger partial charge is 0.374 e. The second-order valence-electron chi connectivity index (χ2n) is 4.27. The van der Waals surface area contributed by atoms with Gasteiger partial charge in [0.15, 0.2) is 0 Å². The Morgan fingerprint density at radius 1 is 1.17 bits per heavy atom. The minimum atomic E-state index is -3.74. The van der Waals surface area contributed by atoms with Crippen molar-refractivity contribution in [2.75, 3.05) is 0 Å². The molecule has 0 heterocycles. The van der Waals surface area contributed by atoms with Gasteiger partial charge in [0.05, 0.1) is 0 Å². The van der Waals surface area contributed by atoms with Crippen molar-refractivity contribution in [1.82, 2.24) is 0 Å². The van der Waals surface area contributed by atoms with Crippen LogP contribution in [0.15, 0.2) is 36.4 Å². The van der Waals surface area contributed by atoms with E-state index in [4.69, 9.17) is 5.11 Å². The number of hydrogen-bond donors (Lipinski definition) is 1. The molecule has 18 heavy (non-hydrogen) atoms. The standard InChI is InChI=1S/C14H12F2O2/c1-9-6-7-10(8-14(15,16)13(17)18)12-5-3-2-4-11(9)12/h2-7H,8H2,1H3,(H,17,18). The zero-order chi connectivity index (χ0) is 13.3. The number of carbonyl (C=O) groups is 1. The van der Waals surface area contributed by atoms with Crippen LogP contribution in [0.2, 0.25) is 0 Å².